The molecule has 0 radical (unpaired) electrons. The number of rotatable bonds is 8. The lowest BCUT2D eigenvalue weighted by atomic mass is 10.1. The minimum Gasteiger partial charge on any atom is -0.497 e. The van der Waals surface area contributed by atoms with Crippen molar-refractivity contribution >= 4 is 5.91 Å². The Morgan fingerprint density at radius 3 is 2.37 bits per heavy atom. The van der Waals surface area contributed by atoms with Gasteiger partial charge in [0.1, 0.15) is 17.4 Å². The number of aryl methyl sites for hydroxylation is 1. The van der Waals surface area contributed by atoms with Crippen LogP contribution in [0.1, 0.15) is 35.0 Å². The van der Waals surface area contributed by atoms with Crippen LogP contribution < -0.4 is 10.1 Å². The molecule has 1 atom stereocenters. The van der Waals surface area contributed by atoms with E-state index in [0.717, 1.165) is 24.5 Å². The number of carbonyl (C=O) groups is 1. The van der Waals surface area contributed by atoms with Gasteiger partial charge in [-0.1, -0.05) is 30.3 Å². The number of nitrogens with zero attached hydrogens (tertiary/aromatic N) is 1. The molecule has 1 aromatic heterocycles. The van der Waals surface area contributed by atoms with Gasteiger partial charge in [-0.05, 0) is 80.3 Å². The minimum atomic E-state index is -0.707. The van der Waals surface area contributed by atoms with E-state index < -0.39 is 11.6 Å². The second-order valence-electron chi connectivity index (χ2n) is 8.59. The maximum Gasteiger partial charge on any atom is 0.253 e. The second kappa shape index (κ2) is 10.6. The van der Waals surface area contributed by atoms with Crippen LogP contribution in [-0.2, 0) is 6.42 Å². The summed E-state index contributed by atoms with van der Waals surface area (Å²) in [6, 6.07) is 22.5. The Labute approximate surface area is 204 Å². The van der Waals surface area contributed by atoms with E-state index >= 15 is 0 Å². The molecule has 0 saturated carbocycles. The molecular weight excluding hydrogens is 446 g/mol. The molecule has 0 spiro atoms. The van der Waals surface area contributed by atoms with Crippen LogP contribution in [0.25, 0.3) is 16.9 Å². The highest BCUT2D eigenvalue weighted by molar-refractivity contribution is 5.97. The lowest BCUT2D eigenvalue weighted by molar-refractivity contribution is 0.0938. The first-order valence-corrected chi connectivity index (χ1v) is 11.5. The second-order valence-corrected chi connectivity index (χ2v) is 8.59. The fraction of sp³-hybridized carbons (Fsp3) is 0.207. The summed E-state index contributed by atoms with van der Waals surface area (Å²) < 4.78 is 35.3. The van der Waals surface area contributed by atoms with Gasteiger partial charge >= 0.3 is 0 Å². The number of hydrogen-bond acceptors (Lipinski definition) is 2. The van der Waals surface area contributed by atoms with Crippen LogP contribution >= 0.6 is 0 Å². The minimum absolute atomic E-state index is 0.0579. The summed E-state index contributed by atoms with van der Waals surface area (Å²) in [7, 11) is 1.58. The Kier molecular flexibility index (Phi) is 7.30. The summed E-state index contributed by atoms with van der Waals surface area (Å²) in [5, 5.41) is 3.07. The lowest BCUT2D eigenvalue weighted by Crippen LogP contribution is -2.33. The molecule has 4 aromatic rings. The summed E-state index contributed by atoms with van der Waals surface area (Å²) in [6.45, 7) is 3.73. The third-order valence-electron chi connectivity index (χ3n) is 6.11. The van der Waals surface area contributed by atoms with Gasteiger partial charge in [-0.25, -0.2) is 8.78 Å². The average Bonchev–Trinajstić information content (AvgIpc) is 3.20. The largest absolute Gasteiger partial charge is 0.497 e. The standard InChI is InChI=1S/C29H28F2N2O2/c1-19(9-10-21-7-5-4-6-8-21)32-29(34)25-18-28(22-11-14-24(35-3)15-12-22)33(20(25)2)27-16-13-23(30)17-26(27)31/h4-8,11-19H,9-10H2,1-3H3,(H,32,34). The Bertz CT molecular complexity index is 1310. The summed E-state index contributed by atoms with van der Waals surface area (Å²) in [4.78, 5) is 13.3. The van der Waals surface area contributed by atoms with Crippen molar-refractivity contribution in [2.24, 2.45) is 0 Å². The van der Waals surface area contributed by atoms with Gasteiger partial charge in [0.05, 0.1) is 24.1 Å². The predicted octanol–water partition coefficient (Wildman–Crippen LogP) is 6.49. The van der Waals surface area contributed by atoms with Gasteiger partial charge in [-0.2, -0.15) is 0 Å². The summed E-state index contributed by atoms with van der Waals surface area (Å²) in [5.74, 6) is -0.922. The van der Waals surface area contributed by atoms with Gasteiger partial charge in [0.2, 0.25) is 0 Å². The van der Waals surface area contributed by atoms with Crippen LogP contribution in [0.4, 0.5) is 8.78 Å². The molecule has 0 saturated heterocycles. The summed E-state index contributed by atoms with van der Waals surface area (Å²) in [6.07, 6.45) is 1.63. The van der Waals surface area contributed by atoms with Crippen molar-refractivity contribution in [2.45, 2.75) is 32.7 Å². The number of ether oxygens (including phenoxy) is 1. The summed E-state index contributed by atoms with van der Waals surface area (Å²) >= 11 is 0. The van der Waals surface area contributed by atoms with Crippen LogP contribution in [0, 0.1) is 18.6 Å². The number of aromatic nitrogens is 1. The Morgan fingerprint density at radius 1 is 1.00 bits per heavy atom. The molecule has 3 aromatic carbocycles. The molecule has 4 rings (SSSR count). The molecule has 0 aliphatic rings. The maximum atomic E-state index is 14.8. The van der Waals surface area contributed by atoms with E-state index in [1.54, 1.807) is 36.8 Å². The van der Waals surface area contributed by atoms with Gasteiger partial charge in [-0.15, -0.1) is 0 Å². The highest BCUT2D eigenvalue weighted by Gasteiger charge is 2.22. The SMILES string of the molecule is COc1ccc(-c2cc(C(=O)NC(C)CCc3ccccc3)c(C)n2-c2ccc(F)cc2F)cc1. The number of amides is 1. The van der Waals surface area contributed by atoms with Crippen LogP contribution in [0.15, 0.2) is 78.9 Å². The molecule has 0 aliphatic heterocycles. The Hall–Kier alpha value is -3.93. The van der Waals surface area contributed by atoms with Crippen molar-refractivity contribution in [3.8, 4) is 22.7 Å². The number of hydrogen-bond donors (Lipinski definition) is 1. The fourth-order valence-electron chi connectivity index (χ4n) is 4.19. The zero-order chi connectivity index (χ0) is 24.9. The van der Waals surface area contributed by atoms with E-state index in [1.165, 1.54) is 17.7 Å². The van der Waals surface area contributed by atoms with Crippen molar-refractivity contribution in [1.29, 1.82) is 0 Å². The maximum absolute atomic E-state index is 14.8. The molecule has 1 heterocycles. The first-order chi connectivity index (χ1) is 16.9. The molecular formula is C29H28F2N2O2. The topological polar surface area (TPSA) is 43.3 Å². The van der Waals surface area contributed by atoms with Crippen molar-refractivity contribution in [3.63, 3.8) is 0 Å². The van der Waals surface area contributed by atoms with Crippen LogP contribution in [0.3, 0.4) is 0 Å². The zero-order valence-corrected chi connectivity index (χ0v) is 20.0. The third kappa shape index (κ3) is 5.43. The van der Waals surface area contributed by atoms with E-state index in [2.05, 4.69) is 17.4 Å². The number of benzene rings is 3. The number of carbonyl (C=O) groups excluding carboxylic acids is 1. The average molecular weight is 475 g/mol. The van der Waals surface area contributed by atoms with Gasteiger partial charge in [0, 0.05) is 17.8 Å². The molecule has 1 unspecified atom stereocenters. The van der Waals surface area contributed by atoms with Crippen LogP contribution in [0.2, 0.25) is 0 Å². The van der Waals surface area contributed by atoms with Crippen LogP contribution in [-0.4, -0.2) is 23.6 Å². The number of halogens is 2. The first-order valence-electron chi connectivity index (χ1n) is 11.5. The quantitative estimate of drug-likeness (QED) is 0.317. The highest BCUT2D eigenvalue weighted by Crippen LogP contribution is 2.32. The van der Waals surface area contributed by atoms with Gasteiger partial charge in [0.25, 0.3) is 5.91 Å². The third-order valence-corrected chi connectivity index (χ3v) is 6.11. The molecule has 1 amide bonds. The van der Waals surface area contributed by atoms with Gasteiger partial charge < -0.3 is 14.6 Å². The molecule has 6 heteroatoms. The Morgan fingerprint density at radius 2 is 1.71 bits per heavy atom. The normalized spacial score (nSPS) is 11.8. The van der Waals surface area contributed by atoms with Gasteiger partial charge in [0.15, 0.2) is 0 Å². The van der Waals surface area contributed by atoms with Crippen molar-refractivity contribution in [2.75, 3.05) is 7.11 Å². The molecule has 0 bridgehead atoms. The predicted molar refractivity (Wildman–Crippen MR) is 134 cm³/mol. The smallest absolute Gasteiger partial charge is 0.253 e. The molecule has 180 valence electrons. The molecule has 4 nitrogen and oxygen atoms in total. The van der Waals surface area contributed by atoms with Crippen molar-refractivity contribution in [3.05, 3.63) is 107 Å². The molecule has 0 fully saturated rings. The van der Waals surface area contributed by atoms with Crippen LogP contribution in [0.5, 0.6) is 5.75 Å². The zero-order valence-electron chi connectivity index (χ0n) is 20.0. The number of nitrogens with one attached hydrogen (secondary N) is 1. The molecule has 1 N–H and O–H groups in total. The van der Waals surface area contributed by atoms with Gasteiger partial charge in [-0.3, -0.25) is 4.79 Å². The molecule has 0 aliphatic carbocycles. The monoisotopic (exact) mass is 474 g/mol. The van der Waals surface area contributed by atoms with Crippen molar-refractivity contribution < 1.29 is 18.3 Å². The van der Waals surface area contributed by atoms with E-state index in [0.29, 0.717) is 22.7 Å². The van der Waals surface area contributed by atoms with E-state index in [4.69, 9.17) is 4.74 Å². The number of methoxy groups -OCH3 is 1. The van der Waals surface area contributed by atoms with E-state index in [1.807, 2.05) is 37.3 Å². The van der Waals surface area contributed by atoms with E-state index in [-0.39, 0.29) is 17.6 Å². The Balaban J connectivity index is 1.66. The first kappa shape index (κ1) is 24.2. The highest BCUT2D eigenvalue weighted by atomic mass is 19.1. The van der Waals surface area contributed by atoms with Crippen molar-refractivity contribution in [1.82, 2.24) is 9.88 Å². The summed E-state index contributed by atoms with van der Waals surface area (Å²) in [5.41, 5.74) is 3.78. The van der Waals surface area contributed by atoms with E-state index in [9.17, 15) is 13.6 Å². The molecule has 35 heavy (non-hydrogen) atoms. The lowest BCUT2D eigenvalue weighted by Gasteiger charge is -2.15. The fourth-order valence-corrected chi connectivity index (χ4v) is 4.19.